The van der Waals surface area contributed by atoms with E-state index in [4.69, 9.17) is 0 Å². The molecular weight excluding hydrogens is 232 g/mol. The first-order valence-corrected chi connectivity index (χ1v) is 5.38. The van der Waals surface area contributed by atoms with Crippen molar-refractivity contribution in [3.63, 3.8) is 0 Å². The van der Waals surface area contributed by atoms with E-state index in [1.165, 1.54) is 12.1 Å². The highest BCUT2D eigenvalue weighted by Gasteiger charge is 2.19. The first-order valence-electron chi connectivity index (χ1n) is 4.86. The zero-order valence-corrected chi connectivity index (χ0v) is 9.89. The number of rotatable bonds is 3. The molecule has 0 aliphatic heterocycles. The van der Waals surface area contributed by atoms with Crippen molar-refractivity contribution >= 4 is 24.2 Å². The van der Waals surface area contributed by atoms with E-state index in [-0.39, 0.29) is 11.6 Å². The van der Waals surface area contributed by atoms with Gasteiger partial charge in [0.05, 0.1) is 10.9 Å². The molecule has 1 rings (SSSR count). The maximum atomic E-state index is 13.2. The third-order valence-corrected chi connectivity index (χ3v) is 2.94. The van der Waals surface area contributed by atoms with Crippen molar-refractivity contribution < 1.29 is 13.6 Å². The van der Waals surface area contributed by atoms with Crippen molar-refractivity contribution in [2.45, 2.75) is 19.1 Å². The fraction of sp³-hybridized carbons (Fsp3) is 0.364. The van der Waals surface area contributed by atoms with Crippen molar-refractivity contribution in [2.24, 2.45) is 5.92 Å². The smallest absolute Gasteiger partial charge is 0.237 e. The summed E-state index contributed by atoms with van der Waals surface area (Å²) in [4.78, 5) is 11.5. The maximum absolute atomic E-state index is 13.2. The zero-order chi connectivity index (χ0) is 12.3. The van der Waals surface area contributed by atoms with Crippen LogP contribution < -0.4 is 5.32 Å². The molecule has 0 fully saturated rings. The Morgan fingerprint density at radius 3 is 2.56 bits per heavy atom. The lowest BCUT2D eigenvalue weighted by Gasteiger charge is -2.14. The van der Waals surface area contributed by atoms with E-state index in [1.807, 2.05) is 13.8 Å². The molecule has 88 valence electrons. The molecule has 0 saturated carbocycles. The molecule has 1 unspecified atom stereocenters. The highest BCUT2D eigenvalue weighted by atomic mass is 32.1. The third kappa shape index (κ3) is 2.95. The van der Waals surface area contributed by atoms with Gasteiger partial charge in [0.1, 0.15) is 0 Å². The van der Waals surface area contributed by atoms with E-state index < -0.39 is 22.8 Å². The number of hydrogen-bond acceptors (Lipinski definition) is 2. The molecule has 1 amide bonds. The molecule has 5 heteroatoms. The fourth-order valence-electron chi connectivity index (χ4n) is 1.11. The van der Waals surface area contributed by atoms with Crippen LogP contribution in [0.4, 0.5) is 14.5 Å². The van der Waals surface area contributed by atoms with Gasteiger partial charge in [-0.2, -0.15) is 12.6 Å². The molecule has 0 aromatic heterocycles. The summed E-state index contributed by atoms with van der Waals surface area (Å²) >= 11 is 4.08. The molecule has 16 heavy (non-hydrogen) atoms. The van der Waals surface area contributed by atoms with Gasteiger partial charge < -0.3 is 5.32 Å². The third-order valence-electron chi connectivity index (χ3n) is 2.11. The Bertz CT molecular complexity index is 396. The lowest BCUT2D eigenvalue weighted by atomic mass is 10.1. The number of hydrogen-bond donors (Lipinski definition) is 2. The van der Waals surface area contributed by atoms with Crippen LogP contribution in [0.5, 0.6) is 0 Å². The van der Waals surface area contributed by atoms with Crippen LogP contribution in [0.15, 0.2) is 18.2 Å². The van der Waals surface area contributed by atoms with Crippen molar-refractivity contribution in [3.8, 4) is 0 Å². The van der Waals surface area contributed by atoms with Crippen molar-refractivity contribution in [1.29, 1.82) is 0 Å². The Kier molecular flexibility index (Phi) is 4.29. The number of anilines is 1. The number of carbonyl (C=O) groups is 1. The monoisotopic (exact) mass is 245 g/mol. The second-order valence-corrected chi connectivity index (χ2v) is 4.34. The van der Waals surface area contributed by atoms with E-state index in [2.05, 4.69) is 17.9 Å². The summed E-state index contributed by atoms with van der Waals surface area (Å²) in [6.45, 7) is 3.64. The maximum Gasteiger partial charge on any atom is 0.237 e. The number of benzene rings is 1. The molecule has 0 aliphatic carbocycles. The molecule has 1 aromatic carbocycles. The molecule has 0 radical (unpaired) electrons. The van der Waals surface area contributed by atoms with E-state index in [9.17, 15) is 13.6 Å². The first kappa shape index (κ1) is 13.0. The van der Waals surface area contributed by atoms with E-state index in [0.29, 0.717) is 0 Å². The van der Waals surface area contributed by atoms with Gasteiger partial charge in [-0.05, 0) is 18.1 Å². The van der Waals surface area contributed by atoms with Crippen molar-refractivity contribution in [1.82, 2.24) is 0 Å². The average molecular weight is 245 g/mol. The quantitative estimate of drug-likeness (QED) is 0.788. The molecule has 0 aliphatic rings. The van der Waals surface area contributed by atoms with Crippen LogP contribution in [0.25, 0.3) is 0 Å². The number of halogens is 2. The Hall–Kier alpha value is -1.10. The Balaban J connectivity index is 2.81. The zero-order valence-electron chi connectivity index (χ0n) is 9.00. The average Bonchev–Trinajstić information content (AvgIpc) is 2.23. The summed E-state index contributed by atoms with van der Waals surface area (Å²) in [7, 11) is 0. The van der Waals surface area contributed by atoms with Gasteiger partial charge in [0.25, 0.3) is 0 Å². The molecular formula is C11H13F2NOS. The van der Waals surface area contributed by atoms with Gasteiger partial charge in [0.15, 0.2) is 11.6 Å². The van der Waals surface area contributed by atoms with Crippen molar-refractivity contribution in [3.05, 3.63) is 29.8 Å². The lowest BCUT2D eigenvalue weighted by Crippen LogP contribution is -2.28. The predicted octanol–water partition coefficient (Wildman–Crippen LogP) is 2.86. The standard InChI is InChI=1S/C11H13F2NOS/c1-6(2)10(16)11(15)14-8-5-3-4-7(12)9(8)13/h3-6,10,16H,1-2H3,(H,14,15). The highest BCUT2D eigenvalue weighted by Crippen LogP contribution is 2.18. The Morgan fingerprint density at radius 1 is 1.38 bits per heavy atom. The van der Waals surface area contributed by atoms with Crippen molar-refractivity contribution in [2.75, 3.05) is 5.32 Å². The summed E-state index contributed by atoms with van der Waals surface area (Å²) in [5.41, 5.74) is -0.162. The molecule has 1 aromatic rings. The van der Waals surface area contributed by atoms with Crippen LogP contribution >= 0.6 is 12.6 Å². The first-order chi connectivity index (χ1) is 7.43. The van der Waals surface area contributed by atoms with Crippen LogP contribution in [-0.2, 0) is 4.79 Å². The fourth-order valence-corrected chi connectivity index (χ4v) is 1.17. The summed E-state index contributed by atoms with van der Waals surface area (Å²) in [6, 6.07) is 3.62. The summed E-state index contributed by atoms with van der Waals surface area (Å²) in [6.07, 6.45) is 0. The molecule has 1 N–H and O–H groups in total. The van der Waals surface area contributed by atoms with Crippen LogP contribution in [0.2, 0.25) is 0 Å². The lowest BCUT2D eigenvalue weighted by molar-refractivity contribution is -0.116. The number of amides is 1. The SMILES string of the molecule is CC(C)C(S)C(=O)Nc1cccc(F)c1F. The van der Waals surface area contributed by atoms with Gasteiger partial charge in [-0.25, -0.2) is 8.78 Å². The molecule has 0 spiro atoms. The number of thiol groups is 1. The van der Waals surface area contributed by atoms with Gasteiger partial charge in [0.2, 0.25) is 5.91 Å². The van der Waals surface area contributed by atoms with Gasteiger partial charge in [-0.3, -0.25) is 4.79 Å². The Morgan fingerprint density at radius 2 is 2.00 bits per heavy atom. The highest BCUT2D eigenvalue weighted by molar-refractivity contribution is 7.81. The van der Waals surface area contributed by atoms with Gasteiger partial charge >= 0.3 is 0 Å². The van der Waals surface area contributed by atoms with E-state index in [0.717, 1.165) is 6.07 Å². The molecule has 0 saturated heterocycles. The molecule has 2 nitrogen and oxygen atoms in total. The normalized spacial score (nSPS) is 12.6. The number of carbonyl (C=O) groups excluding carboxylic acids is 1. The minimum atomic E-state index is -1.06. The molecule has 0 bridgehead atoms. The summed E-state index contributed by atoms with van der Waals surface area (Å²) < 4.78 is 26.1. The van der Waals surface area contributed by atoms with Gasteiger partial charge in [-0.1, -0.05) is 19.9 Å². The second-order valence-electron chi connectivity index (χ2n) is 3.78. The second kappa shape index (κ2) is 5.30. The predicted molar refractivity (Wildman–Crippen MR) is 62.6 cm³/mol. The minimum Gasteiger partial charge on any atom is -0.323 e. The van der Waals surface area contributed by atoms with Crippen LogP contribution in [-0.4, -0.2) is 11.2 Å². The Labute approximate surface area is 98.5 Å². The number of nitrogens with one attached hydrogen (secondary N) is 1. The molecule has 1 atom stereocenters. The van der Waals surface area contributed by atoms with Gasteiger partial charge in [0, 0.05) is 0 Å². The topological polar surface area (TPSA) is 29.1 Å². The van der Waals surface area contributed by atoms with E-state index in [1.54, 1.807) is 0 Å². The van der Waals surface area contributed by atoms with Crippen LogP contribution in [0.3, 0.4) is 0 Å². The van der Waals surface area contributed by atoms with E-state index >= 15 is 0 Å². The minimum absolute atomic E-state index is 0.0138. The van der Waals surface area contributed by atoms with Crippen LogP contribution in [0.1, 0.15) is 13.8 Å². The molecule has 0 heterocycles. The van der Waals surface area contributed by atoms with Gasteiger partial charge in [-0.15, -0.1) is 0 Å². The largest absolute Gasteiger partial charge is 0.323 e. The van der Waals surface area contributed by atoms with Crippen LogP contribution in [0, 0.1) is 17.6 Å². The summed E-state index contributed by atoms with van der Waals surface area (Å²) in [5.74, 6) is -2.47. The summed E-state index contributed by atoms with van der Waals surface area (Å²) in [5, 5.41) is 1.75.